The van der Waals surface area contributed by atoms with Gasteiger partial charge in [-0.1, -0.05) is 182 Å². The summed E-state index contributed by atoms with van der Waals surface area (Å²) < 4.78 is 2.16. The minimum absolute atomic E-state index is 0.604. The third-order valence-corrected chi connectivity index (χ3v) is 11.6. The second-order valence-electron chi connectivity index (χ2n) is 15.4. The number of fused-ring (bicyclic) bond motifs is 2. The largest absolute Gasteiger partial charge is 0.317 e. The summed E-state index contributed by atoms with van der Waals surface area (Å²) in [7, 11) is 0. The molecule has 2 aliphatic heterocycles. The molecule has 62 heavy (non-hydrogen) atoms. The van der Waals surface area contributed by atoms with Gasteiger partial charge in [0.2, 0.25) is 0 Å². The topological polar surface area (TPSA) is 59.2 Å². The van der Waals surface area contributed by atoms with Crippen LogP contribution in [0.2, 0.25) is 0 Å². The molecule has 0 spiro atoms. The minimum atomic E-state index is 0.604. The van der Waals surface area contributed by atoms with Crippen molar-refractivity contribution in [2.45, 2.75) is 12.8 Å². The smallest absolute Gasteiger partial charge is 0.164 e. The van der Waals surface area contributed by atoms with Gasteiger partial charge in [-0.3, -0.25) is 4.40 Å². The van der Waals surface area contributed by atoms with Gasteiger partial charge in [-0.2, -0.15) is 0 Å². The summed E-state index contributed by atoms with van der Waals surface area (Å²) in [6.07, 6.45) is 14.9. The molecule has 0 saturated heterocycles. The number of nitrogens with zero attached hydrogens (tertiary/aromatic N) is 6. The molecular weight excluding hydrogens is 757 g/mol. The van der Waals surface area contributed by atoms with Crippen LogP contribution in [0.5, 0.6) is 0 Å². The van der Waals surface area contributed by atoms with E-state index in [1.807, 2.05) is 30.3 Å². The molecule has 6 nitrogen and oxygen atoms in total. The van der Waals surface area contributed by atoms with Crippen LogP contribution in [0.25, 0.3) is 84.7 Å². The molecule has 2 aliphatic rings. The molecule has 0 N–H and O–H groups in total. The van der Waals surface area contributed by atoms with Gasteiger partial charge in [0.1, 0.15) is 5.65 Å². The van der Waals surface area contributed by atoms with Crippen LogP contribution in [0.4, 0.5) is 0 Å². The first-order chi connectivity index (χ1) is 30.7. The molecule has 6 heteroatoms. The maximum Gasteiger partial charge on any atom is 0.164 e. The molecule has 0 saturated carbocycles. The van der Waals surface area contributed by atoms with Gasteiger partial charge in [-0.05, 0) is 65.0 Å². The number of allylic oxidation sites excluding steroid dienone is 5. The highest BCUT2D eigenvalue weighted by atomic mass is 15.1. The lowest BCUT2D eigenvalue weighted by atomic mass is 9.95. The summed E-state index contributed by atoms with van der Waals surface area (Å²) in [5, 5.41) is 0. The molecule has 0 amide bonds. The van der Waals surface area contributed by atoms with E-state index in [1.54, 1.807) is 0 Å². The fourth-order valence-electron chi connectivity index (χ4n) is 8.52. The lowest BCUT2D eigenvalue weighted by Gasteiger charge is -2.28. The molecule has 0 atom stereocenters. The Balaban J connectivity index is 1.01. The van der Waals surface area contributed by atoms with E-state index < -0.39 is 0 Å². The van der Waals surface area contributed by atoms with E-state index in [1.165, 1.54) is 22.5 Å². The predicted molar refractivity (Wildman–Crippen MR) is 252 cm³/mol. The Hall–Kier alpha value is -8.22. The van der Waals surface area contributed by atoms with Crippen molar-refractivity contribution >= 4 is 16.9 Å². The Morgan fingerprint density at radius 3 is 1.52 bits per heavy atom. The fraction of sp³-hybridized carbons (Fsp3) is 0.0357. The monoisotopic (exact) mass is 796 g/mol. The number of imidazole rings is 1. The fourth-order valence-corrected chi connectivity index (χ4v) is 8.52. The third kappa shape index (κ3) is 7.03. The Kier molecular flexibility index (Phi) is 9.56. The van der Waals surface area contributed by atoms with Gasteiger partial charge in [0.05, 0.1) is 17.1 Å². The Morgan fingerprint density at radius 1 is 0.403 bits per heavy atom. The first kappa shape index (κ1) is 36.8. The summed E-state index contributed by atoms with van der Waals surface area (Å²) in [4.78, 5) is 22.8. The lowest BCUT2D eigenvalue weighted by molar-refractivity contribution is 0.675. The summed E-state index contributed by atoms with van der Waals surface area (Å²) >= 11 is 0. The van der Waals surface area contributed by atoms with Crippen LogP contribution in [-0.4, -0.2) is 29.2 Å². The SMILES string of the molecule is C1=CC2=CCCC(c3ccccc3)=C(c3ccc(-c4nc(-c5ccc(-c6ccccc6)cc5)nc(-c5ccc(-c6c(-c7ccccc7)nc7ccccn67)cc5)n4)cc3)N2C=C1. The molecule has 294 valence electrons. The van der Waals surface area contributed by atoms with Crippen molar-refractivity contribution in [2.24, 2.45) is 0 Å². The number of hydrogen-bond donors (Lipinski definition) is 0. The summed E-state index contributed by atoms with van der Waals surface area (Å²) in [5.41, 5.74) is 16.1. The maximum absolute atomic E-state index is 5.17. The van der Waals surface area contributed by atoms with Gasteiger partial charge in [0.15, 0.2) is 17.5 Å². The van der Waals surface area contributed by atoms with E-state index in [0.29, 0.717) is 17.5 Å². The molecule has 0 fully saturated rings. The summed E-state index contributed by atoms with van der Waals surface area (Å²) in [6.45, 7) is 0. The standard InChI is InChI=1S/C56H40N6/c1-4-15-39(16-5-1)40-25-31-45(32-26-40)54-58-55(46-33-27-43(28-34-46)52-49(41-17-6-2-7-18-41)23-14-22-48-21-10-12-37-61(48)52)60-56(59-54)47-35-29-44(30-36-47)53-51(42-19-8-3-9-20-42)57-50-24-11-13-38-62(50)53/h1-13,15-22,24-38H,14,23H2. The van der Waals surface area contributed by atoms with Crippen molar-refractivity contribution < 1.29 is 0 Å². The number of benzene rings is 6. The van der Waals surface area contributed by atoms with Gasteiger partial charge in [0.25, 0.3) is 0 Å². The number of hydrogen-bond acceptors (Lipinski definition) is 5. The van der Waals surface area contributed by atoms with Crippen LogP contribution in [0, 0.1) is 0 Å². The molecule has 9 aromatic rings. The third-order valence-electron chi connectivity index (χ3n) is 11.6. The molecule has 6 aromatic carbocycles. The molecular formula is C56H40N6. The summed E-state index contributed by atoms with van der Waals surface area (Å²) in [6, 6.07) is 63.3. The van der Waals surface area contributed by atoms with E-state index in [4.69, 9.17) is 19.9 Å². The zero-order valence-electron chi connectivity index (χ0n) is 33.9. The van der Waals surface area contributed by atoms with Crippen LogP contribution >= 0.6 is 0 Å². The van der Waals surface area contributed by atoms with Gasteiger partial charge >= 0.3 is 0 Å². The number of aromatic nitrogens is 5. The van der Waals surface area contributed by atoms with Crippen LogP contribution in [0.3, 0.4) is 0 Å². The Bertz CT molecular complexity index is 3180. The molecule has 0 aliphatic carbocycles. The Morgan fingerprint density at radius 2 is 0.903 bits per heavy atom. The first-order valence-electron chi connectivity index (χ1n) is 21.0. The molecule has 3 aromatic heterocycles. The van der Waals surface area contributed by atoms with Gasteiger partial charge in [0, 0.05) is 45.9 Å². The highest BCUT2D eigenvalue weighted by Crippen LogP contribution is 2.40. The normalized spacial score (nSPS) is 13.5. The van der Waals surface area contributed by atoms with E-state index in [9.17, 15) is 0 Å². The van der Waals surface area contributed by atoms with Gasteiger partial charge < -0.3 is 4.90 Å². The average molecular weight is 797 g/mol. The van der Waals surface area contributed by atoms with Crippen molar-refractivity contribution in [3.8, 4) is 67.8 Å². The molecule has 0 bridgehead atoms. The van der Waals surface area contributed by atoms with Crippen molar-refractivity contribution in [1.29, 1.82) is 0 Å². The number of rotatable bonds is 8. The highest BCUT2D eigenvalue weighted by Gasteiger charge is 2.23. The zero-order chi connectivity index (χ0) is 41.2. The van der Waals surface area contributed by atoms with Crippen LogP contribution in [0.15, 0.2) is 224 Å². The number of pyridine rings is 1. The van der Waals surface area contributed by atoms with Crippen LogP contribution in [-0.2, 0) is 0 Å². The molecule has 0 radical (unpaired) electrons. The quantitative estimate of drug-likeness (QED) is 0.153. The van der Waals surface area contributed by atoms with Crippen LogP contribution < -0.4 is 0 Å². The molecule has 0 unspecified atom stereocenters. The van der Waals surface area contributed by atoms with Crippen molar-refractivity contribution in [1.82, 2.24) is 29.2 Å². The molecule has 5 heterocycles. The van der Waals surface area contributed by atoms with E-state index >= 15 is 0 Å². The van der Waals surface area contributed by atoms with Crippen LogP contribution in [0.1, 0.15) is 24.0 Å². The van der Waals surface area contributed by atoms with Gasteiger partial charge in [-0.15, -0.1) is 0 Å². The highest BCUT2D eigenvalue weighted by molar-refractivity contribution is 5.92. The Labute approximate surface area is 360 Å². The first-order valence-corrected chi connectivity index (χ1v) is 21.0. The summed E-state index contributed by atoms with van der Waals surface area (Å²) in [5.74, 6) is 1.83. The minimum Gasteiger partial charge on any atom is -0.317 e. The zero-order valence-corrected chi connectivity index (χ0v) is 33.9. The molecule has 11 rings (SSSR count). The van der Waals surface area contributed by atoms with E-state index in [2.05, 4.69) is 198 Å². The predicted octanol–water partition coefficient (Wildman–Crippen LogP) is 13.5. The van der Waals surface area contributed by atoms with E-state index in [-0.39, 0.29) is 0 Å². The lowest BCUT2D eigenvalue weighted by Crippen LogP contribution is -2.16. The second kappa shape index (κ2) is 16.1. The second-order valence-corrected chi connectivity index (χ2v) is 15.4. The van der Waals surface area contributed by atoms with Crippen molar-refractivity contribution in [3.63, 3.8) is 0 Å². The maximum atomic E-state index is 5.17. The van der Waals surface area contributed by atoms with E-state index in [0.717, 1.165) is 74.4 Å². The average Bonchev–Trinajstić information content (AvgIpc) is 3.64. The van der Waals surface area contributed by atoms with Gasteiger partial charge in [-0.25, -0.2) is 19.9 Å². The van der Waals surface area contributed by atoms with Crippen molar-refractivity contribution in [3.05, 3.63) is 236 Å². The van der Waals surface area contributed by atoms with Crippen molar-refractivity contribution in [2.75, 3.05) is 0 Å².